The number of carbonyl (C=O) groups excluding carboxylic acids is 1. The molecule has 1 N–H and O–H groups in total. The van der Waals surface area contributed by atoms with Crippen molar-refractivity contribution in [2.45, 2.75) is 12.5 Å². The lowest BCUT2D eigenvalue weighted by molar-refractivity contribution is 0.0743. The molecule has 1 saturated heterocycles. The first-order valence-electron chi connectivity index (χ1n) is 6.85. The number of likely N-dealkylation sites (N-methyl/N-ethyl adjacent to an activating group) is 1. The van der Waals surface area contributed by atoms with E-state index in [9.17, 15) is 4.79 Å². The Labute approximate surface area is 127 Å². The van der Waals surface area contributed by atoms with Gasteiger partial charge in [-0.15, -0.1) is 0 Å². The fourth-order valence-corrected chi connectivity index (χ4v) is 2.66. The molecule has 1 aliphatic rings. The van der Waals surface area contributed by atoms with E-state index in [1.54, 1.807) is 17.0 Å². The molecule has 2 aromatic rings. The Morgan fingerprint density at radius 3 is 2.86 bits per heavy atom. The van der Waals surface area contributed by atoms with Crippen LogP contribution in [0.15, 0.2) is 35.1 Å². The molecule has 6 heteroatoms. The molecule has 1 fully saturated rings. The summed E-state index contributed by atoms with van der Waals surface area (Å²) in [6.45, 7) is 1.76. The Balaban J connectivity index is 1.87. The van der Waals surface area contributed by atoms with Gasteiger partial charge in [-0.3, -0.25) is 4.79 Å². The maximum Gasteiger partial charge on any atom is 0.259 e. The topological polar surface area (TPSA) is 58.4 Å². The van der Waals surface area contributed by atoms with Crippen LogP contribution in [0.25, 0.3) is 11.3 Å². The molecular formula is C15H16ClN3O2. The Morgan fingerprint density at radius 1 is 1.43 bits per heavy atom. The van der Waals surface area contributed by atoms with Crippen molar-refractivity contribution in [1.82, 2.24) is 15.4 Å². The maximum atomic E-state index is 12.6. The molecule has 5 nitrogen and oxygen atoms in total. The normalized spacial score (nSPS) is 17.9. The number of hydrogen-bond donors (Lipinski definition) is 1. The zero-order chi connectivity index (χ0) is 14.8. The van der Waals surface area contributed by atoms with Gasteiger partial charge in [-0.05, 0) is 25.1 Å². The molecular weight excluding hydrogens is 290 g/mol. The van der Waals surface area contributed by atoms with Crippen molar-refractivity contribution in [3.63, 3.8) is 0 Å². The SMILES string of the molecule is CN(C(=O)c1conc1-c1ccc(Cl)cc1)[C@H]1CCNC1. The molecule has 1 aromatic carbocycles. The highest BCUT2D eigenvalue weighted by Gasteiger charge is 2.27. The number of aromatic nitrogens is 1. The number of hydrogen-bond acceptors (Lipinski definition) is 4. The van der Waals surface area contributed by atoms with Crippen molar-refractivity contribution in [2.75, 3.05) is 20.1 Å². The Hall–Kier alpha value is -1.85. The predicted octanol–water partition coefficient (Wildman–Crippen LogP) is 2.43. The van der Waals surface area contributed by atoms with Gasteiger partial charge in [0.25, 0.3) is 5.91 Å². The van der Waals surface area contributed by atoms with E-state index in [0.29, 0.717) is 16.3 Å². The van der Waals surface area contributed by atoms with Gasteiger partial charge in [-0.25, -0.2) is 0 Å². The molecule has 0 radical (unpaired) electrons. The number of amides is 1. The van der Waals surface area contributed by atoms with Gasteiger partial charge in [0.2, 0.25) is 0 Å². The lowest BCUT2D eigenvalue weighted by Crippen LogP contribution is -2.38. The van der Waals surface area contributed by atoms with Crippen molar-refractivity contribution in [3.05, 3.63) is 41.1 Å². The minimum Gasteiger partial charge on any atom is -0.363 e. The largest absolute Gasteiger partial charge is 0.363 e. The van der Waals surface area contributed by atoms with Gasteiger partial charge in [0.05, 0.1) is 0 Å². The Kier molecular flexibility index (Phi) is 3.94. The lowest BCUT2D eigenvalue weighted by Gasteiger charge is -2.23. The maximum absolute atomic E-state index is 12.6. The highest BCUT2D eigenvalue weighted by molar-refractivity contribution is 6.30. The number of benzene rings is 1. The molecule has 1 amide bonds. The van der Waals surface area contributed by atoms with Gasteiger partial charge >= 0.3 is 0 Å². The quantitative estimate of drug-likeness (QED) is 0.946. The fourth-order valence-electron chi connectivity index (χ4n) is 2.53. The average Bonchev–Trinajstić information content (AvgIpc) is 3.17. The van der Waals surface area contributed by atoms with E-state index in [1.807, 2.05) is 19.2 Å². The summed E-state index contributed by atoms with van der Waals surface area (Å²) in [5.41, 5.74) is 1.84. The average molecular weight is 306 g/mol. The zero-order valence-electron chi connectivity index (χ0n) is 11.7. The summed E-state index contributed by atoms with van der Waals surface area (Å²) in [6, 6.07) is 7.40. The number of nitrogens with zero attached hydrogens (tertiary/aromatic N) is 2. The lowest BCUT2D eigenvalue weighted by atomic mass is 10.1. The molecule has 0 unspecified atom stereocenters. The molecule has 1 aromatic heterocycles. The van der Waals surface area contributed by atoms with E-state index >= 15 is 0 Å². The highest BCUT2D eigenvalue weighted by atomic mass is 35.5. The fraction of sp³-hybridized carbons (Fsp3) is 0.333. The molecule has 110 valence electrons. The number of rotatable bonds is 3. The van der Waals surface area contributed by atoms with Gasteiger partial charge in [0.15, 0.2) is 0 Å². The van der Waals surface area contributed by atoms with Crippen LogP contribution in [-0.4, -0.2) is 42.1 Å². The van der Waals surface area contributed by atoms with Gasteiger partial charge in [-0.1, -0.05) is 28.9 Å². The van der Waals surface area contributed by atoms with Gasteiger partial charge in [0.1, 0.15) is 17.5 Å². The number of carbonyl (C=O) groups is 1. The van der Waals surface area contributed by atoms with Crippen LogP contribution in [0.1, 0.15) is 16.8 Å². The van der Waals surface area contributed by atoms with E-state index < -0.39 is 0 Å². The van der Waals surface area contributed by atoms with Crippen LogP contribution in [0, 0.1) is 0 Å². The summed E-state index contributed by atoms with van der Waals surface area (Å²) in [5, 5.41) is 7.87. The highest BCUT2D eigenvalue weighted by Crippen LogP contribution is 2.25. The number of halogens is 1. The van der Waals surface area contributed by atoms with E-state index in [1.165, 1.54) is 6.26 Å². The molecule has 2 heterocycles. The molecule has 0 spiro atoms. The van der Waals surface area contributed by atoms with Crippen LogP contribution in [0.2, 0.25) is 5.02 Å². The van der Waals surface area contributed by atoms with Crippen LogP contribution in [0.3, 0.4) is 0 Å². The molecule has 0 saturated carbocycles. The van der Waals surface area contributed by atoms with Gasteiger partial charge < -0.3 is 14.7 Å². The van der Waals surface area contributed by atoms with Crippen molar-refractivity contribution in [3.8, 4) is 11.3 Å². The first-order valence-corrected chi connectivity index (χ1v) is 7.23. The molecule has 0 bridgehead atoms. The molecule has 21 heavy (non-hydrogen) atoms. The van der Waals surface area contributed by atoms with Crippen LogP contribution >= 0.6 is 11.6 Å². The third-order valence-corrected chi connectivity index (χ3v) is 4.07. The van der Waals surface area contributed by atoms with Crippen molar-refractivity contribution >= 4 is 17.5 Å². The summed E-state index contributed by atoms with van der Waals surface area (Å²) >= 11 is 5.89. The summed E-state index contributed by atoms with van der Waals surface area (Å²) in [5.74, 6) is -0.0742. The Morgan fingerprint density at radius 2 is 2.19 bits per heavy atom. The predicted molar refractivity (Wildman–Crippen MR) is 80.3 cm³/mol. The standard InChI is InChI=1S/C15H16ClN3O2/c1-19(12-6-7-17-8-12)15(20)13-9-21-18-14(13)10-2-4-11(16)5-3-10/h2-5,9,12,17H,6-8H2,1H3/t12-/m0/s1. The second kappa shape index (κ2) is 5.87. The zero-order valence-corrected chi connectivity index (χ0v) is 12.4. The van der Waals surface area contributed by atoms with E-state index in [4.69, 9.17) is 16.1 Å². The Bertz CT molecular complexity index is 633. The number of nitrogens with one attached hydrogen (secondary N) is 1. The van der Waals surface area contributed by atoms with E-state index in [0.717, 1.165) is 25.1 Å². The monoisotopic (exact) mass is 305 g/mol. The smallest absolute Gasteiger partial charge is 0.259 e. The van der Waals surface area contributed by atoms with Crippen LogP contribution in [0.5, 0.6) is 0 Å². The first-order chi connectivity index (χ1) is 10.2. The van der Waals surface area contributed by atoms with Crippen LogP contribution in [-0.2, 0) is 0 Å². The third-order valence-electron chi connectivity index (χ3n) is 3.82. The minimum absolute atomic E-state index is 0.0742. The van der Waals surface area contributed by atoms with Crippen molar-refractivity contribution in [2.24, 2.45) is 0 Å². The summed E-state index contributed by atoms with van der Waals surface area (Å²) < 4.78 is 5.02. The molecule has 1 aliphatic heterocycles. The van der Waals surface area contributed by atoms with Crippen LogP contribution < -0.4 is 5.32 Å². The van der Waals surface area contributed by atoms with E-state index in [-0.39, 0.29) is 11.9 Å². The summed E-state index contributed by atoms with van der Waals surface area (Å²) in [6.07, 6.45) is 2.37. The van der Waals surface area contributed by atoms with Gasteiger partial charge in [-0.2, -0.15) is 0 Å². The van der Waals surface area contributed by atoms with Gasteiger partial charge in [0, 0.05) is 30.2 Å². The van der Waals surface area contributed by atoms with Crippen molar-refractivity contribution in [1.29, 1.82) is 0 Å². The van der Waals surface area contributed by atoms with E-state index in [2.05, 4.69) is 10.5 Å². The molecule has 1 atom stereocenters. The first kappa shape index (κ1) is 14.1. The second-order valence-electron chi connectivity index (χ2n) is 5.15. The second-order valence-corrected chi connectivity index (χ2v) is 5.58. The van der Waals surface area contributed by atoms with Crippen LogP contribution in [0.4, 0.5) is 0 Å². The summed E-state index contributed by atoms with van der Waals surface area (Å²) in [4.78, 5) is 14.4. The van der Waals surface area contributed by atoms with Crippen molar-refractivity contribution < 1.29 is 9.32 Å². The third kappa shape index (κ3) is 2.80. The molecule has 0 aliphatic carbocycles. The minimum atomic E-state index is -0.0742. The molecule has 3 rings (SSSR count). The summed E-state index contributed by atoms with van der Waals surface area (Å²) in [7, 11) is 1.82.